The van der Waals surface area contributed by atoms with Gasteiger partial charge in [-0.2, -0.15) is 0 Å². The topological polar surface area (TPSA) is 61.4 Å². The summed E-state index contributed by atoms with van der Waals surface area (Å²) >= 11 is 0. The van der Waals surface area contributed by atoms with Crippen molar-refractivity contribution in [2.75, 3.05) is 6.54 Å². The average Bonchev–Trinajstić information content (AvgIpc) is 2.42. The Hall–Kier alpha value is -1.39. The molecule has 4 nitrogen and oxygen atoms in total. The zero-order chi connectivity index (χ0) is 15.5. The second-order valence-corrected chi connectivity index (χ2v) is 7.07. The lowest BCUT2D eigenvalue weighted by Crippen LogP contribution is -2.49. The van der Waals surface area contributed by atoms with Crippen LogP contribution in [0.3, 0.4) is 0 Å². The zero-order valence-electron chi connectivity index (χ0n) is 13.1. The molecule has 0 bridgehead atoms. The Labute approximate surface area is 126 Å². The number of carbonyl (C=O) groups excluding carboxylic acids is 1. The monoisotopic (exact) mass is 290 g/mol. The first-order chi connectivity index (χ1) is 9.85. The number of hydrogen-bond acceptors (Lipinski definition) is 3. The molecule has 4 heteroatoms. The van der Waals surface area contributed by atoms with Crippen molar-refractivity contribution < 1.29 is 9.90 Å². The van der Waals surface area contributed by atoms with E-state index in [1.54, 1.807) is 0 Å². The minimum absolute atomic E-state index is 0.0301. The average molecular weight is 290 g/mol. The molecule has 0 aromatic heterocycles. The van der Waals surface area contributed by atoms with Crippen LogP contribution in [-0.4, -0.2) is 29.7 Å². The van der Waals surface area contributed by atoms with Gasteiger partial charge in [0.15, 0.2) is 0 Å². The van der Waals surface area contributed by atoms with E-state index in [2.05, 4.69) is 43.5 Å². The molecule has 1 amide bonds. The van der Waals surface area contributed by atoms with E-state index in [-0.39, 0.29) is 17.4 Å². The summed E-state index contributed by atoms with van der Waals surface area (Å²) in [5, 5.41) is 16.1. The predicted octanol–water partition coefficient (Wildman–Crippen LogP) is 1.61. The summed E-state index contributed by atoms with van der Waals surface area (Å²) in [5.41, 5.74) is 2.55. The summed E-state index contributed by atoms with van der Waals surface area (Å²) in [4.78, 5) is 12.2. The van der Waals surface area contributed by atoms with Crippen LogP contribution < -0.4 is 10.6 Å². The van der Waals surface area contributed by atoms with Crippen molar-refractivity contribution in [3.8, 4) is 0 Å². The molecule has 1 aromatic carbocycles. The van der Waals surface area contributed by atoms with Crippen LogP contribution in [0.5, 0.6) is 0 Å². The molecule has 2 unspecified atom stereocenters. The third-order valence-corrected chi connectivity index (χ3v) is 3.76. The Balaban J connectivity index is 1.82. The van der Waals surface area contributed by atoms with Crippen LogP contribution in [0.1, 0.15) is 38.3 Å². The number of nitrogens with one attached hydrogen (secondary N) is 2. The lowest BCUT2D eigenvalue weighted by atomic mass is 9.89. The maximum absolute atomic E-state index is 12.2. The van der Waals surface area contributed by atoms with Crippen LogP contribution in [0.2, 0.25) is 0 Å². The summed E-state index contributed by atoms with van der Waals surface area (Å²) in [6.45, 7) is 7.28. The Morgan fingerprint density at radius 3 is 2.71 bits per heavy atom. The predicted molar refractivity (Wildman–Crippen MR) is 83.9 cm³/mol. The lowest BCUT2D eigenvalue weighted by Gasteiger charge is -2.27. The van der Waals surface area contributed by atoms with Gasteiger partial charge in [-0.15, -0.1) is 0 Å². The largest absolute Gasteiger partial charge is 0.391 e. The molecule has 2 rings (SSSR count). The molecule has 0 saturated carbocycles. The van der Waals surface area contributed by atoms with Gasteiger partial charge in [-0.25, -0.2) is 0 Å². The highest BCUT2D eigenvalue weighted by Crippen LogP contribution is 2.20. The van der Waals surface area contributed by atoms with Gasteiger partial charge in [-0.1, -0.05) is 45.0 Å². The summed E-state index contributed by atoms with van der Waals surface area (Å²) in [7, 11) is 0. The normalized spacial score (nSPS) is 19.7. The van der Waals surface area contributed by atoms with Crippen LogP contribution in [0.4, 0.5) is 0 Å². The highest BCUT2D eigenvalue weighted by Gasteiger charge is 2.24. The maximum Gasteiger partial charge on any atom is 0.237 e. The number of rotatable bonds is 4. The van der Waals surface area contributed by atoms with E-state index in [0.29, 0.717) is 19.4 Å². The molecule has 116 valence electrons. The van der Waals surface area contributed by atoms with Crippen LogP contribution in [0, 0.1) is 5.41 Å². The van der Waals surface area contributed by atoms with Crippen LogP contribution in [-0.2, 0) is 17.8 Å². The third kappa shape index (κ3) is 4.83. The Morgan fingerprint density at radius 1 is 1.38 bits per heavy atom. The minimum atomic E-state index is -0.496. The van der Waals surface area contributed by atoms with E-state index in [9.17, 15) is 9.90 Å². The Kier molecular flexibility index (Phi) is 5.01. The van der Waals surface area contributed by atoms with Crippen molar-refractivity contribution >= 4 is 5.91 Å². The number of benzene rings is 1. The van der Waals surface area contributed by atoms with E-state index in [4.69, 9.17) is 0 Å². The molecule has 1 aliphatic rings. The molecule has 1 heterocycles. The zero-order valence-corrected chi connectivity index (χ0v) is 13.1. The molecule has 0 aliphatic carbocycles. The van der Waals surface area contributed by atoms with Crippen molar-refractivity contribution in [2.45, 2.75) is 52.3 Å². The molecule has 0 radical (unpaired) electrons. The Morgan fingerprint density at radius 2 is 2.05 bits per heavy atom. The van der Waals surface area contributed by atoms with E-state index >= 15 is 0 Å². The van der Waals surface area contributed by atoms with Gasteiger partial charge < -0.3 is 15.7 Å². The van der Waals surface area contributed by atoms with Gasteiger partial charge in [0, 0.05) is 13.1 Å². The first-order valence-corrected chi connectivity index (χ1v) is 7.61. The number of fused-ring (bicyclic) bond motifs is 1. The maximum atomic E-state index is 12.2. The second kappa shape index (κ2) is 6.58. The fourth-order valence-electron chi connectivity index (χ4n) is 2.76. The van der Waals surface area contributed by atoms with Gasteiger partial charge in [-0.3, -0.25) is 4.79 Å². The first-order valence-electron chi connectivity index (χ1n) is 7.61. The summed E-state index contributed by atoms with van der Waals surface area (Å²) in [5.74, 6) is -0.0301. The lowest BCUT2D eigenvalue weighted by molar-refractivity contribution is -0.123. The van der Waals surface area contributed by atoms with E-state index in [1.807, 2.05) is 12.1 Å². The smallest absolute Gasteiger partial charge is 0.237 e. The molecule has 0 fully saturated rings. The molecule has 0 spiro atoms. The van der Waals surface area contributed by atoms with E-state index < -0.39 is 6.10 Å². The molecule has 1 aromatic rings. The highest BCUT2D eigenvalue weighted by molar-refractivity contribution is 5.82. The molecule has 2 atom stereocenters. The van der Waals surface area contributed by atoms with E-state index in [0.717, 1.165) is 6.54 Å². The van der Waals surface area contributed by atoms with Gasteiger partial charge in [0.2, 0.25) is 5.91 Å². The number of hydrogen-bond donors (Lipinski definition) is 3. The second-order valence-electron chi connectivity index (χ2n) is 7.07. The summed E-state index contributed by atoms with van der Waals surface area (Å²) < 4.78 is 0. The van der Waals surface area contributed by atoms with Crippen LogP contribution in [0.15, 0.2) is 24.3 Å². The van der Waals surface area contributed by atoms with Crippen LogP contribution >= 0.6 is 0 Å². The standard InChI is InChI=1S/C17H26N2O2/c1-17(2,3)9-14(20)11-19-16(21)15-8-12-6-4-5-7-13(12)10-18-15/h4-7,14-15,18,20H,8-11H2,1-3H3,(H,19,21). The van der Waals surface area contributed by atoms with Crippen molar-refractivity contribution in [1.82, 2.24) is 10.6 Å². The van der Waals surface area contributed by atoms with Crippen molar-refractivity contribution in [2.24, 2.45) is 5.41 Å². The highest BCUT2D eigenvalue weighted by atomic mass is 16.3. The third-order valence-electron chi connectivity index (χ3n) is 3.76. The van der Waals surface area contributed by atoms with Gasteiger partial charge in [0.1, 0.15) is 0 Å². The van der Waals surface area contributed by atoms with Gasteiger partial charge in [0.05, 0.1) is 12.1 Å². The van der Waals surface area contributed by atoms with Crippen molar-refractivity contribution in [3.63, 3.8) is 0 Å². The van der Waals surface area contributed by atoms with Gasteiger partial charge >= 0.3 is 0 Å². The minimum Gasteiger partial charge on any atom is -0.391 e. The fourth-order valence-corrected chi connectivity index (χ4v) is 2.76. The fraction of sp³-hybridized carbons (Fsp3) is 0.588. The summed E-state index contributed by atoms with van der Waals surface area (Å²) in [6.07, 6.45) is 0.885. The van der Waals surface area contributed by atoms with Crippen LogP contribution in [0.25, 0.3) is 0 Å². The molecular formula is C17H26N2O2. The number of amides is 1. The SMILES string of the molecule is CC(C)(C)CC(O)CNC(=O)C1Cc2ccccc2CN1. The van der Waals surface area contributed by atoms with E-state index in [1.165, 1.54) is 11.1 Å². The van der Waals surface area contributed by atoms with Gasteiger partial charge in [-0.05, 0) is 29.4 Å². The van der Waals surface area contributed by atoms with Gasteiger partial charge in [0.25, 0.3) is 0 Å². The molecule has 1 aliphatic heterocycles. The quantitative estimate of drug-likeness (QED) is 0.789. The molecule has 3 N–H and O–H groups in total. The first kappa shape index (κ1) is 16.0. The number of aliphatic hydroxyl groups is 1. The van der Waals surface area contributed by atoms with Crippen molar-refractivity contribution in [1.29, 1.82) is 0 Å². The number of aliphatic hydroxyl groups excluding tert-OH is 1. The Bertz CT molecular complexity index is 494. The van der Waals surface area contributed by atoms with Crippen molar-refractivity contribution in [3.05, 3.63) is 35.4 Å². The molecular weight excluding hydrogens is 264 g/mol. The molecule has 0 saturated heterocycles. The number of carbonyl (C=O) groups is 1. The molecule has 21 heavy (non-hydrogen) atoms. The summed E-state index contributed by atoms with van der Waals surface area (Å²) in [6, 6.07) is 7.98.